The average molecular weight is 271 g/mol. The van der Waals surface area contributed by atoms with E-state index in [2.05, 4.69) is 34.6 Å². The highest BCUT2D eigenvalue weighted by molar-refractivity contribution is 4.79. The molecule has 0 aliphatic carbocycles. The van der Waals surface area contributed by atoms with Crippen LogP contribution >= 0.6 is 0 Å². The maximum absolute atomic E-state index is 8.88. The highest BCUT2D eigenvalue weighted by Crippen LogP contribution is 2.40. The van der Waals surface area contributed by atoms with Crippen LogP contribution in [0.1, 0.15) is 98.8 Å². The van der Waals surface area contributed by atoms with E-state index in [-0.39, 0.29) is 0 Å². The van der Waals surface area contributed by atoms with E-state index in [1.54, 1.807) is 0 Å². The Bertz CT molecular complexity index is 206. The molecule has 0 spiro atoms. The molecule has 0 aliphatic heterocycles. The smallest absolute Gasteiger partial charge is 0.0431 e. The minimum Gasteiger partial charge on any atom is -0.396 e. The minimum absolute atomic E-state index is 0.344. The molecule has 0 saturated carbocycles. The summed E-state index contributed by atoms with van der Waals surface area (Å²) in [6.45, 7) is 12.3. The molecule has 0 aromatic heterocycles. The molecule has 0 amide bonds. The highest BCUT2D eigenvalue weighted by Gasteiger charge is 2.27. The summed E-state index contributed by atoms with van der Waals surface area (Å²) in [6, 6.07) is 0. The van der Waals surface area contributed by atoms with E-state index in [4.69, 9.17) is 5.11 Å². The largest absolute Gasteiger partial charge is 0.396 e. The van der Waals surface area contributed by atoms with Gasteiger partial charge >= 0.3 is 0 Å². The van der Waals surface area contributed by atoms with Gasteiger partial charge in [0.25, 0.3) is 0 Å². The predicted molar refractivity (Wildman–Crippen MR) is 86.5 cm³/mol. The van der Waals surface area contributed by atoms with E-state index >= 15 is 0 Å². The van der Waals surface area contributed by atoms with Crippen LogP contribution in [0, 0.1) is 10.8 Å². The number of aliphatic hydroxyl groups excluding tert-OH is 1. The Morgan fingerprint density at radius 2 is 1.16 bits per heavy atom. The summed E-state index contributed by atoms with van der Waals surface area (Å²) in [7, 11) is 0. The molecule has 0 aliphatic rings. The monoisotopic (exact) mass is 270 g/mol. The van der Waals surface area contributed by atoms with Crippen LogP contribution in [-0.2, 0) is 0 Å². The second kappa shape index (κ2) is 9.80. The van der Waals surface area contributed by atoms with Gasteiger partial charge in [0.05, 0.1) is 0 Å². The number of aliphatic hydroxyl groups is 1. The van der Waals surface area contributed by atoms with E-state index < -0.39 is 0 Å². The topological polar surface area (TPSA) is 20.2 Å². The van der Waals surface area contributed by atoms with Crippen molar-refractivity contribution in [1.82, 2.24) is 0 Å². The highest BCUT2D eigenvalue weighted by atomic mass is 16.2. The zero-order valence-corrected chi connectivity index (χ0v) is 14.2. The molecule has 0 unspecified atom stereocenters. The lowest BCUT2D eigenvalue weighted by Gasteiger charge is -2.35. The number of hydrogen-bond donors (Lipinski definition) is 1. The van der Waals surface area contributed by atoms with Gasteiger partial charge in [-0.2, -0.15) is 0 Å². The fourth-order valence-corrected chi connectivity index (χ4v) is 3.39. The van der Waals surface area contributed by atoms with E-state index in [9.17, 15) is 0 Å². The van der Waals surface area contributed by atoms with Crippen LogP contribution in [0.2, 0.25) is 0 Å². The molecule has 0 radical (unpaired) electrons. The summed E-state index contributed by atoms with van der Waals surface area (Å²) < 4.78 is 0. The Kier molecular flexibility index (Phi) is 9.78. The van der Waals surface area contributed by atoms with Crippen molar-refractivity contribution >= 4 is 0 Å². The molecule has 0 rings (SSSR count). The maximum Gasteiger partial charge on any atom is 0.0431 e. The molecule has 0 saturated heterocycles. The van der Waals surface area contributed by atoms with Crippen molar-refractivity contribution in [1.29, 1.82) is 0 Å². The minimum atomic E-state index is 0.344. The van der Waals surface area contributed by atoms with Gasteiger partial charge in [0, 0.05) is 6.61 Å². The first-order valence-electron chi connectivity index (χ1n) is 8.44. The Balaban J connectivity index is 3.90. The fourth-order valence-electron chi connectivity index (χ4n) is 3.39. The normalized spacial score (nSPS) is 12.9. The van der Waals surface area contributed by atoms with Crippen LogP contribution < -0.4 is 0 Å². The van der Waals surface area contributed by atoms with Crippen molar-refractivity contribution in [3.05, 3.63) is 0 Å². The Hall–Kier alpha value is -0.0400. The van der Waals surface area contributed by atoms with Crippen molar-refractivity contribution in [3.8, 4) is 0 Å². The number of unbranched alkanes of at least 4 members (excludes halogenated alkanes) is 5. The van der Waals surface area contributed by atoms with Crippen molar-refractivity contribution in [2.45, 2.75) is 98.8 Å². The molecule has 0 bridgehead atoms. The van der Waals surface area contributed by atoms with Crippen LogP contribution in [0.4, 0.5) is 0 Å². The van der Waals surface area contributed by atoms with Crippen molar-refractivity contribution < 1.29 is 5.11 Å². The lowest BCUT2D eigenvalue weighted by atomic mass is 9.70. The second-order valence-corrected chi connectivity index (χ2v) is 7.85. The molecule has 1 heteroatoms. The summed E-state index contributed by atoms with van der Waals surface area (Å²) in [4.78, 5) is 0. The van der Waals surface area contributed by atoms with Crippen LogP contribution in [-0.4, -0.2) is 11.7 Å². The number of rotatable bonds is 12. The van der Waals surface area contributed by atoms with E-state index in [1.165, 1.54) is 51.4 Å². The molecular weight excluding hydrogens is 232 g/mol. The maximum atomic E-state index is 8.88. The third-order valence-corrected chi connectivity index (χ3v) is 4.18. The molecular formula is C18H38O. The molecule has 1 nitrogen and oxygen atoms in total. The summed E-state index contributed by atoms with van der Waals surface area (Å²) >= 11 is 0. The lowest BCUT2D eigenvalue weighted by Crippen LogP contribution is -2.23. The first-order valence-corrected chi connectivity index (χ1v) is 8.44. The number of hydrogen-bond acceptors (Lipinski definition) is 1. The second-order valence-electron chi connectivity index (χ2n) is 7.85. The van der Waals surface area contributed by atoms with Crippen LogP contribution in [0.5, 0.6) is 0 Å². The van der Waals surface area contributed by atoms with Gasteiger partial charge in [-0.25, -0.2) is 0 Å². The predicted octanol–water partition coefficient (Wildman–Crippen LogP) is 5.95. The summed E-state index contributed by atoms with van der Waals surface area (Å²) in [6.07, 6.45) is 13.0. The standard InChI is InChI=1S/C18H38O/c1-6-7-8-9-10-13-17(2,3)16-18(4,5)14-11-12-15-19/h19H,6-16H2,1-5H3. The Morgan fingerprint density at radius 1 is 0.684 bits per heavy atom. The van der Waals surface area contributed by atoms with Crippen LogP contribution in [0.15, 0.2) is 0 Å². The molecule has 0 fully saturated rings. The van der Waals surface area contributed by atoms with Gasteiger partial charge in [-0.3, -0.25) is 0 Å². The van der Waals surface area contributed by atoms with Crippen molar-refractivity contribution in [3.63, 3.8) is 0 Å². The van der Waals surface area contributed by atoms with Crippen LogP contribution in [0.3, 0.4) is 0 Å². The molecule has 0 aromatic rings. The lowest BCUT2D eigenvalue weighted by molar-refractivity contribution is 0.160. The Labute approximate surface area is 122 Å². The third kappa shape index (κ3) is 11.5. The molecule has 19 heavy (non-hydrogen) atoms. The van der Waals surface area contributed by atoms with E-state index in [0.717, 1.165) is 12.8 Å². The molecule has 0 heterocycles. The van der Waals surface area contributed by atoms with Crippen LogP contribution in [0.25, 0.3) is 0 Å². The first-order chi connectivity index (χ1) is 8.83. The SMILES string of the molecule is CCCCCCCC(C)(C)CC(C)(C)CCCCO. The summed E-state index contributed by atoms with van der Waals surface area (Å²) in [5.74, 6) is 0. The third-order valence-electron chi connectivity index (χ3n) is 4.18. The molecule has 116 valence electrons. The summed E-state index contributed by atoms with van der Waals surface area (Å²) in [5, 5.41) is 8.88. The van der Waals surface area contributed by atoms with E-state index in [0.29, 0.717) is 17.4 Å². The van der Waals surface area contributed by atoms with Gasteiger partial charge in [0.2, 0.25) is 0 Å². The summed E-state index contributed by atoms with van der Waals surface area (Å²) in [5.41, 5.74) is 0.886. The average Bonchev–Trinajstić information content (AvgIpc) is 2.27. The molecule has 0 atom stereocenters. The van der Waals surface area contributed by atoms with Gasteiger partial charge < -0.3 is 5.11 Å². The van der Waals surface area contributed by atoms with Gasteiger partial charge in [-0.1, -0.05) is 73.1 Å². The molecule has 1 N–H and O–H groups in total. The quantitative estimate of drug-likeness (QED) is 0.434. The van der Waals surface area contributed by atoms with Crippen molar-refractivity contribution in [2.24, 2.45) is 10.8 Å². The Morgan fingerprint density at radius 3 is 1.63 bits per heavy atom. The van der Waals surface area contributed by atoms with E-state index in [1.807, 2.05) is 0 Å². The fraction of sp³-hybridized carbons (Fsp3) is 1.00. The first kappa shape index (κ1) is 19.0. The van der Waals surface area contributed by atoms with Gasteiger partial charge in [-0.15, -0.1) is 0 Å². The zero-order valence-electron chi connectivity index (χ0n) is 14.2. The van der Waals surface area contributed by atoms with Crippen molar-refractivity contribution in [2.75, 3.05) is 6.61 Å². The molecule has 0 aromatic carbocycles. The van der Waals surface area contributed by atoms with Gasteiger partial charge in [0.15, 0.2) is 0 Å². The zero-order chi connectivity index (χ0) is 14.8. The van der Waals surface area contributed by atoms with Gasteiger partial charge in [0.1, 0.15) is 0 Å². The van der Waals surface area contributed by atoms with Gasteiger partial charge in [-0.05, 0) is 36.5 Å².